The zero-order valence-corrected chi connectivity index (χ0v) is 21.9. The molecule has 0 saturated carbocycles. The van der Waals surface area contributed by atoms with Crippen molar-refractivity contribution in [2.75, 3.05) is 21.0 Å². The van der Waals surface area contributed by atoms with Crippen molar-refractivity contribution in [2.24, 2.45) is 9.98 Å². The summed E-state index contributed by atoms with van der Waals surface area (Å²) in [5.74, 6) is -0.245. The molecule has 3 aromatic rings. The lowest BCUT2D eigenvalue weighted by atomic mass is 10.1. The average molecular weight is 569 g/mol. The fourth-order valence-electron chi connectivity index (χ4n) is 4.14. The molecule has 3 amide bonds. The van der Waals surface area contributed by atoms with Gasteiger partial charge in [-0.2, -0.15) is 10.4 Å². The summed E-state index contributed by atoms with van der Waals surface area (Å²) in [6.45, 7) is 2.00. The van der Waals surface area contributed by atoms with Crippen molar-refractivity contribution in [1.82, 2.24) is 5.43 Å². The maximum Gasteiger partial charge on any atom is 0.573 e. The molecule has 13 heteroatoms. The summed E-state index contributed by atoms with van der Waals surface area (Å²) in [4.78, 5) is 35.3. The molecule has 0 radical (unpaired) electrons. The topological polar surface area (TPSA) is 98.6 Å². The number of amides is 3. The molecule has 206 valence electrons. The smallest absolute Gasteiger partial charge is 0.406 e. The van der Waals surface area contributed by atoms with E-state index in [1.165, 1.54) is 47.3 Å². The van der Waals surface area contributed by atoms with Crippen molar-refractivity contribution in [2.45, 2.75) is 25.9 Å². The van der Waals surface area contributed by atoms with Crippen LogP contribution in [0.5, 0.6) is 5.75 Å². The highest BCUT2D eigenvalue weighted by Crippen LogP contribution is 2.31. The number of para-hydroxylation sites is 1. The van der Waals surface area contributed by atoms with Gasteiger partial charge in [-0.1, -0.05) is 49.0 Å². The Morgan fingerprint density at radius 3 is 2.55 bits per heavy atom. The Kier molecular flexibility index (Phi) is 7.76. The number of aryl methyl sites for hydroxylation is 1. The average Bonchev–Trinajstić information content (AvgIpc) is 3.56. The highest BCUT2D eigenvalue weighted by atomic mass is 32.2. The second-order valence-corrected chi connectivity index (χ2v) is 9.60. The fraction of sp³-hybridized carbons (Fsp3) is 0.185. The van der Waals surface area contributed by atoms with Crippen LogP contribution in [0.3, 0.4) is 0 Å². The van der Waals surface area contributed by atoms with Gasteiger partial charge in [0.25, 0.3) is 0 Å². The van der Waals surface area contributed by atoms with Gasteiger partial charge < -0.3 is 10.1 Å². The molecule has 1 unspecified atom stereocenters. The molecule has 2 heterocycles. The lowest BCUT2D eigenvalue weighted by molar-refractivity contribution is -0.274. The van der Waals surface area contributed by atoms with Gasteiger partial charge in [0.1, 0.15) is 18.3 Å². The van der Waals surface area contributed by atoms with E-state index in [1.807, 2.05) is 31.2 Å². The Balaban J connectivity index is 1.20. The van der Waals surface area contributed by atoms with Crippen LogP contribution in [0.15, 0.2) is 82.8 Å². The number of alkyl halides is 3. The molecule has 0 aromatic heterocycles. The number of nitrogens with one attached hydrogen (secondary N) is 2. The van der Waals surface area contributed by atoms with Crippen LogP contribution in [0.4, 0.5) is 35.0 Å². The number of rotatable bonds is 6. The molecule has 9 nitrogen and oxygen atoms in total. The van der Waals surface area contributed by atoms with Crippen LogP contribution in [0.2, 0.25) is 0 Å². The number of hydrogen-bond acceptors (Lipinski definition) is 7. The minimum absolute atomic E-state index is 0.133. The van der Waals surface area contributed by atoms with Crippen molar-refractivity contribution in [3.63, 3.8) is 0 Å². The summed E-state index contributed by atoms with van der Waals surface area (Å²) in [6, 6.07) is 19.3. The van der Waals surface area contributed by atoms with Crippen LogP contribution >= 0.6 is 11.8 Å². The first kappa shape index (κ1) is 27.2. The van der Waals surface area contributed by atoms with Crippen LogP contribution in [-0.2, 0) is 11.2 Å². The number of carbonyl (C=O) groups is 2. The van der Waals surface area contributed by atoms with Gasteiger partial charge in [0.2, 0.25) is 5.91 Å². The van der Waals surface area contributed by atoms with Gasteiger partial charge in [-0.25, -0.2) is 9.79 Å². The third-order valence-corrected chi connectivity index (χ3v) is 6.92. The number of halogens is 3. The fourth-order valence-corrected chi connectivity index (χ4v) is 5.00. The molecule has 2 aliphatic heterocycles. The summed E-state index contributed by atoms with van der Waals surface area (Å²) >= 11 is 1.21. The predicted molar refractivity (Wildman–Crippen MR) is 149 cm³/mol. The number of anilines is 3. The molecular weight excluding hydrogens is 545 g/mol. The highest BCUT2D eigenvalue weighted by molar-refractivity contribution is 8.15. The summed E-state index contributed by atoms with van der Waals surface area (Å²) in [5, 5.41) is 4.62. The predicted octanol–water partition coefficient (Wildman–Crippen LogP) is 5.87. The van der Waals surface area contributed by atoms with E-state index in [4.69, 9.17) is 0 Å². The number of hydrazine groups is 1. The first-order valence-electron chi connectivity index (χ1n) is 12.2. The highest BCUT2D eigenvalue weighted by Gasteiger charge is 2.32. The van der Waals surface area contributed by atoms with Gasteiger partial charge in [0.15, 0.2) is 5.17 Å². The second-order valence-electron chi connectivity index (χ2n) is 8.65. The third kappa shape index (κ3) is 6.26. The van der Waals surface area contributed by atoms with Crippen LogP contribution in [0.25, 0.3) is 0 Å². The molecule has 2 aliphatic rings. The quantitative estimate of drug-likeness (QED) is 0.386. The normalized spacial score (nSPS) is 18.1. The Hall–Kier alpha value is -4.36. The van der Waals surface area contributed by atoms with Crippen LogP contribution in [-0.4, -0.2) is 35.6 Å². The van der Waals surface area contributed by atoms with E-state index < -0.39 is 18.6 Å². The molecule has 3 aromatic carbocycles. The number of hydrogen-bond donors (Lipinski definition) is 2. The zero-order chi connectivity index (χ0) is 28.3. The van der Waals surface area contributed by atoms with Crippen molar-refractivity contribution in [1.29, 1.82) is 0 Å². The van der Waals surface area contributed by atoms with Gasteiger partial charge >= 0.3 is 12.4 Å². The van der Waals surface area contributed by atoms with E-state index in [1.54, 1.807) is 29.3 Å². The van der Waals surface area contributed by atoms with Crippen LogP contribution in [0, 0.1) is 0 Å². The largest absolute Gasteiger partial charge is 0.573 e. The molecule has 1 saturated heterocycles. The summed E-state index contributed by atoms with van der Waals surface area (Å²) in [7, 11) is 0. The SMILES string of the molecule is CCc1ccccc1N1C(=O)CS/C1=N\C(=O)Nc1ccc(C2N=CN(c3ccc(OC(F)(F)F)cc3)N2)cc1. The lowest BCUT2D eigenvalue weighted by Crippen LogP contribution is -2.33. The van der Waals surface area contributed by atoms with Gasteiger partial charge in [0, 0.05) is 5.69 Å². The van der Waals surface area contributed by atoms with Gasteiger partial charge in [-0.05, 0) is 60.0 Å². The molecule has 5 rings (SSSR count). The number of urea groups is 1. The van der Waals surface area contributed by atoms with E-state index >= 15 is 0 Å². The number of amidine groups is 1. The van der Waals surface area contributed by atoms with E-state index in [0.29, 0.717) is 16.5 Å². The first-order valence-corrected chi connectivity index (χ1v) is 13.2. The Labute approximate surface area is 231 Å². The van der Waals surface area contributed by atoms with E-state index in [9.17, 15) is 22.8 Å². The summed E-state index contributed by atoms with van der Waals surface area (Å²) in [5.41, 5.74) is 6.71. The number of ether oxygens (including phenoxy) is 1. The second kappa shape index (κ2) is 11.4. The Morgan fingerprint density at radius 2 is 1.85 bits per heavy atom. The summed E-state index contributed by atoms with van der Waals surface area (Å²) < 4.78 is 41.0. The number of nitrogens with zero attached hydrogens (tertiary/aromatic N) is 4. The molecule has 0 bridgehead atoms. The molecule has 2 N–H and O–H groups in total. The zero-order valence-electron chi connectivity index (χ0n) is 21.1. The van der Waals surface area contributed by atoms with Crippen LogP contribution in [0.1, 0.15) is 24.2 Å². The standard InChI is InChI=1S/C27H23F3N6O3S/c1-2-17-5-3-4-6-22(17)36-23(37)15-40-26(36)33-25(38)32-19-9-7-18(8-10-19)24-31-16-35(34-24)20-11-13-21(14-12-20)39-27(28,29)30/h3-14,16,24,34H,2,15H2,1H3,(H,32,38)/b33-26-. The number of carbonyl (C=O) groups excluding carboxylic acids is 2. The van der Waals surface area contributed by atoms with Gasteiger partial charge in [-0.3, -0.25) is 14.7 Å². The van der Waals surface area contributed by atoms with Crippen molar-refractivity contribution in [3.05, 3.63) is 83.9 Å². The van der Waals surface area contributed by atoms with E-state index in [0.717, 1.165) is 23.2 Å². The lowest BCUT2D eigenvalue weighted by Gasteiger charge is -2.19. The Morgan fingerprint density at radius 1 is 1.12 bits per heavy atom. The molecule has 0 spiro atoms. The summed E-state index contributed by atoms with van der Waals surface area (Å²) in [6.07, 6.45) is -2.94. The maximum absolute atomic E-state index is 12.7. The monoisotopic (exact) mass is 568 g/mol. The maximum atomic E-state index is 12.7. The van der Waals surface area contributed by atoms with E-state index in [2.05, 4.69) is 25.5 Å². The minimum atomic E-state index is -4.76. The van der Waals surface area contributed by atoms with Crippen molar-refractivity contribution in [3.8, 4) is 5.75 Å². The number of aliphatic imine (C=N–C) groups is 2. The van der Waals surface area contributed by atoms with Crippen molar-refractivity contribution >= 4 is 52.3 Å². The third-order valence-electron chi connectivity index (χ3n) is 5.99. The van der Waals surface area contributed by atoms with Crippen LogP contribution < -0.4 is 25.4 Å². The molecular formula is C27H23F3N6O3S. The first-order chi connectivity index (χ1) is 19.2. The molecule has 0 aliphatic carbocycles. The molecule has 1 atom stereocenters. The minimum Gasteiger partial charge on any atom is -0.406 e. The molecule has 40 heavy (non-hydrogen) atoms. The van der Waals surface area contributed by atoms with E-state index in [-0.39, 0.29) is 17.4 Å². The number of thioether (sulfide) groups is 1. The van der Waals surface area contributed by atoms with Gasteiger partial charge in [-0.15, -0.1) is 13.2 Å². The van der Waals surface area contributed by atoms with Gasteiger partial charge in [0.05, 0.1) is 17.1 Å². The molecule has 1 fully saturated rings. The Bertz CT molecular complexity index is 1460. The van der Waals surface area contributed by atoms with Crippen molar-refractivity contribution < 1.29 is 27.5 Å². The number of benzene rings is 3.